The third-order valence-electron chi connectivity index (χ3n) is 3.12. The fourth-order valence-corrected chi connectivity index (χ4v) is 4.12. The summed E-state index contributed by atoms with van der Waals surface area (Å²) in [6, 6.07) is 6.65. The van der Waals surface area contributed by atoms with Gasteiger partial charge in [0.15, 0.2) is 0 Å². The summed E-state index contributed by atoms with van der Waals surface area (Å²) in [5, 5.41) is 0. The topological polar surface area (TPSA) is 72.5 Å². The van der Waals surface area contributed by atoms with Crippen molar-refractivity contribution >= 4 is 31.9 Å². The molecule has 0 spiro atoms. The van der Waals surface area contributed by atoms with E-state index in [0.29, 0.717) is 6.07 Å². The molecular formula is C16H14BrF2NO4S. The molecule has 1 N–H and O–H groups in total. The molecule has 0 saturated carbocycles. The molecule has 0 aliphatic heterocycles. The van der Waals surface area contributed by atoms with E-state index in [1.165, 1.54) is 18.2 Å². The number of carbonyl (C=O) groups excluding carboxylic acids is 1. The molecule has 0 fully saturated rings. The number of carbonyl (C=O) groups is 1. The molecule has 9 heteroatoms. The van der Waals surface area contributed by atoms with Gasteiger partial charge in [-0.15, -0.1) is 0 Å². The Morgan fingerprint density at radius 3 is 2.36 bits per heavy atom. The van der Waals surface area contributed by atoms with Gasteiger partial charge < -0.3 is 4.74 Å². The van der Waals surface area contributed by atoms with Gasteiger partial charge in [0.25, 0.3) is 0 Å². The normalized spacial score (nSPS) is 11.4. The molecule has 0 unspecified atom stereocenters. The molecule has 0 bridgehead atoms. The Labute approximate surface area is 152 Å². The van der Waals surface area contributed by atoms with Crippen molar-refractivity contribution in [2.24, 2.45) is 0 Å². The van der Waals surface area contributed by atoms with Crippen molar-refractivity contribution in [1.82, 2.24) is 4.72 Å². The van der Waals surface area contributed by atoms with Crippen LogP contribution in [0.1, 0.15) is 22.8 Å². The van der Waals surface area contributed by atoms with E-state index in [1.54, 1.807) is 6.92 Å². The second-order valence-electron chi connectivity index (χ2n) is 4.97. The first kappa shape index (κ1) is 19.5. The van der Waals surface area contributed by atoms with Gasteiger partial charge >= 0.3 is 5.97 Å². The van der Waals surface area contributed by atoms with E-state index in [2.05, 4.69) is 20.7 Å². The van der Waals surface area contributed by atoms with Crippen molar-refractivity contribution in [3.63, 3.8) is 0 Å². The molecular weight excluding hydrogens is 420 g/mol. The first-order valence-electron chi connectivity index (χ1n) is 7.14. The quantitative estimate of drug-likeness (QED) is 0.708. The van der Waals surface area contributed by atoms with Crippen LogP contribution in [0.3, 0.4) is 0 Å². The lowest BCUT2D eigenvalue weighted by atomic mass is 10.2. The highest BCUT2D eigenvalue weighted by Crippen LogP contribution is 2.24. The zero-order valence-corrected chi connectivity index (χ0v) is 15.5. The fourth-order valence-electron chi connectivity index (χ4n) is 2.03. The van der Waals surface area contributed by atoms with Crippen LogP contribution in [0.5, 0.6) is 0 Å². The number of hydrogen-bond acceptors (Lipinski definition) is 4. The minimum atomic E-state index is -3.96. The summed E-state index contributed by atoms with van der Waals surface area (Å²) in [6.07, 6.45) is 0. The van der Waals surface area contributed by atoms with Crippen molar-refractivity contribution in [1.29, 1.82) is 0 Å². The number of ether oxygens (including phenoxy) is 1. The number of rotatable bonds is 6. The Morgan fingerprint density at radius 1 is 1.16 bits per heavy atom. The lowest BCUT2D eigenvalue weighted by molar-refractivity contribution is 0.0526. The van der Waals surface area contributed by atoms with Gasteiger partial charge in [-0.1, -0.05) is 0 Å². The number of nitrogens with one attached hydrogen (secondary N) is 1. The Balaban J connectivity index is 2.20. The van der Waals surface area contributed by atoms with Crippen LogP contribution in [-0.2, 0) is 21.3 Å². The zero-order chi connectivity index (χ0) is 18.6. The minimum Gasteiger partial charge on any atom is -0.462 e. The van der Waals surface area contributed by atoms with Gasteiger partial charge in [0.1, 0.15) is 11.6 Å². The summed E-state index contributed by atoms with van der Waals surface area (Å²) in [7, 11) is -3.96. The summed E-state index contributed by atoms with van der Waals surface area (Å²) in [5.74, 6) is -2.17. The summed E-state index contributed by atoms with van der Waals surface area (Å²) in [5.41, 5.74) is 0.334. The van der Waals surface area contributed by atoms with Crippen LogP contribution >= 0.6 is 15.9 Å². The molecule has 0 heterocycles. The maximum Gasteiger partial charge on any atom is 0.338 e. The van der Waals surface area contributed by atoms with Crippen molar-refractivity contribution in [2.45, 2.75) is 18.4 Å². The van der Waals surface area contributed by atoms with Gasteiger partial charge in [-0.2, -0.15) is 0 Å². The first-order chi connectivity index (χ1) is 11.7. The average molecular weight is 434 g/mol. The maximum atomic E-state index is 13.1. The van der Waals surface area contributed by atoms with E-state index in [-0.39, 0.29) is 33.6 Å². The Kier molecular flexibility index (Phi) is 6.26. The number of benzene rings is 2. The number of esters is 1. The smallest absolute Gasteiger partial charge is 0.338 e. The molecule has 0 atom stereocenters. The van der Waals surface area contributed by atoms with E-state index in [0.717, 1.165) is 12.1 Å². The van der Waals surface area contributed by atoms with Crippen LogP contribution in [0.25, 0.3) is 0 Å². The van der Waals surface area contributed by atoms with Gasteiger partial charge in [0.05, 0.1) is 17.1 Å². The molecule has 2 rings (SSSR count). The van der Waals surface area contributed by atoms with Crippen molar-refractivity contribution in [2.75, 3.05) is 6.61 Å². The van der Waals surface area contributed by atoms with Crippen LogP contribution in [-0.4, -0.2) is 21.0 Å². The van der Waals surface area contributed by atoms with Gasteiger partial charge in [0.2, 0.25) is 10.0 Å². The van der Waals surface area contributed by atoms with Crippen molar-refractivity contribution < 1.29 is 26.7 Å². The van der Waals surface area contributed by atoms with Gasteiger partial charge in [-0.05, 0) is 58.7 Å². The highest BCUT2D eigenvalue weighted by Gasteiger charge is 2.19. The monoisotopic (exact) mass is 433 g/mol. The van der Waals surface area contributed by atoms with Crippen LogP contribution in [0, 0.1) is 11.6 Å². The molecule has 0 aliphatic rings. The molecule has 25 heavy (non-hydrogen) atoms. The lowest BCUT2D eigenvalue weighted by Gasteiger charge is -2.10. The summed E-state index contributed by atoms with van der Waals surface area (Å²) in [4.78, 5) is 11.5. The van der Waals surface area contributed by atoms with Crippen molar-refractivity contribution in [3.05, 3.63) is 63.6 Å². The second kappa shape index (κ2) is 8.03. The molecule has 2 aromatic carbocycles. The van der Waals surface area contributed by atoms with Gasteiger partial charge in [0, 0.05) is 17.1 Å². The van der Waals surface area contributed by atoms with Crippen LogP contribution in [0.15, 0.2) is 45.8 Å². The summed E-state index contributed by atoms with van der Waals surface area (Å²) >= 11 is 3.10. The van der Waals surface area contributed by atoms with E-state index in [9.17, 15) is 22.0 Å². The molecule has 134 valence electrons. The highest BCUT2D eigenvalue weighted by molar-refractivity contribution is 9.10. The fraction of sp³-hybridized carbons (Fsp3) is 0.188. The molecule has 0 radical (unpaired) electrons. The highest BCUT2D eigenvalue weighted by atomic mass is 79.9. The van der Waals surface area contributed by atoms with E-state index >= 15 is 0 Å². The van der Waals surface area contributed by atoms with Gasteiger partial charge in [-0.3, -0.25) is 0 Å². The zero-order valence-electron chi connectivity index (χ0n) is 13.1. The minimum absolute atomic E-state index is 0.113. The van der Waals surface area contributed by atoms with Crippen LogP contribution in [0.2, 0.25) is 0 Å². The van der Waals surface area contributed by atoms with Gasteiger partial charge in [-0.25, -0.2) is 26.7 Å². The molecule has 0 amide bonds. The summed E-state index contributed by atoms with van der Waals surface area (Å²) < 4.78 is 58.3. The molecule has 5 nitrogen and oxygen atoms in total. The molecule has 2 aromatic rings. The standard InChI is InChI=1S/C16H14BrF2NO4S/c1-2-24-16(21)11-3-4-15(14(17)7-11)25(22,23)20-9-10-5-12(18)8-13(19)6-10/h3-8,20H,2,9H2,1H3. The number of halogens is 3. The largest absolute Gasteiger partial charge is 0.462 e. The molecule has 0 saturated heterocycles. The Hall–Kier alpha value is -1.84. The average Bonchev–Trinajstić information content (AvgIpc) is 2.52. The van der Waals surface area contributed by atoms with Crippen molar-refractivity contribution in [3.8, 4) is 0 Å². The van der Waals surface area contributed by atoms with Crippen LogP contribution in [0.4, 0.5) is 8.78 Å². The first-order valence-corrected chi connectivity index (χ1v) is 9.42. The third kappa shape index (κ3) is 5.07. The lowest BCUT2D eigenvalue weighted by Crippen LogP contribution is -2.24. The Morgan fingerprint density at radius 2 is 1.80 bits per heavy atom. The third-order valence-corrected chi connectivity index (χ3v) is 5.50. The number of hydrogen-bond donors (Lipinski definition) is 1. The van der Waals surface area contributed by atoms with E-state index in [1.807, 2.05) is 0 Å². The SMILES string of the molecule is CCOC(=O)c1ccc(S(=O)(=O)NCc2cc(F)cc(F)c2)c(Br)c1. The van der Waals surface area contributed by atoms with Crippen LogP contribution < -0.4 is 4.72 Å². The van der Waals surface area contributed by atoms with E-state index < -0.39 is 27.6 Å². The molecule has 0 aliphatic carbocycles. The number of sulfonamides is 1. The maximum absolute atomic E-state index is 13.1. The Bertz CT molecular complexity index is 883. The predicted octanol–water partition coefficient (Wildman–Crippen LogP) is 3.38. The second-order valence-corrected chi connectivity index (χ2v) is 7.56. The summed E-state index contributed by atoms with van der Waals surface area (Å²) in [6.45, 7) is 1.57. The van der Waals surface area contributed by atoms with E-state index in [4.69, 9.17) is 4.74 Å². The predicted molar refractivity (Wildman–Crippen MR) is 90.5 cm³/mol. The molecule has 0 aromatic heterocycles.